The van der Waals surface area contributed by atoms with Crippen molar-refractivity contribution in [1.29, 1.82) is 0 Å². The van der Waals surface area contributed by atoms with Crippen LogP contribution in [-0.2, 0) is 4.74 Å². The van der Waals surface area contributed by atoms with E-state index in [9.17, 15) is 4.79 Å². The summed E-state index contributed by atoms with van der Waals surface area (Å²) < 4.78 is 28.1. The van der Waals surface area contributed by atoms with Crippen LogP contribution in [-0.4, -0.2) is 39.4 Å². The molecular weight excluding hydrogens is 422 g/mol. The van der Waals surface area contributed by atoms with Crippen LogP contribution in [0, 0.1) is 0 Å². The Morgan fingerprint density at radius 3 is 2.45 bits per heavy atom. The highest BCUT2D eigenvalue weighted by Crippen LogP contribution is 2.35. The number of ether oxygens (including phenoxy) is 5. The standard InChI is InChI=1S/C26H27NO6/c1-29-19-10-12-20(13-11-19)33-25-16-18(9-14-24(25)30-2)27-26(28)22-7-3-4-8-23(22)32-17-21-6-5-15-31-21/h3-4,7-14,16,21H,5-6,15,17H2,1-2H3,(H,27,28). The fourth-order valence-corrected chi connectivity index (χ4v) is 3.54. The molecule has 3 aromatic rings. The number of carbonyl (C=O) groups excluding carboxylic acids is 1. The van der Waals surface area contributed by atoms with Crippen molar-refractivity contribution in [2.45, 2.75) is 18.9 Å². The van der Waals surface area contributed by atoms with Crippen LogP contribution in [0.15, 0.2) is 66.7 Å². The lowest BCUT2D eigenvalue weighted by atomic mass is 10.1. The summed E-state index contributed by atoms with van der Waals surface area (Å²) in [6.07, 6.45) is 2.08. The van der Waals surface area contributed by atoms with Crippen molar-refractivity contribution in [1.82, 2.24) is 0 Å². The van der Waals surface area contributed by atoms with E-state index in [1.165, 1.54) is 0 Å². The molecule has 4 rings (SSSR count). The molecule has 0 bridgehead atoms. The molecule has 1 N–H and O–H groups in total. The molecule has 1 fully saturated rings. The zero-order valence-corrected chi connectivity index (χ0v) is 18.7. The van der Waals surface area contributed by atoms with Gasteiger partial charge in [0.05, 0.1) is 25.9 Å². The first-order valence-corrected chi connectivity index (χ1v) is 10.8. The maximum absolute atomic E-state index is 13.0. The average molecular weight is 450 g/mol. The Balaban J connectivity index is 1.48. The minimum absolute atomic E-state index is 0.0698. The van der Waals surface area contributed by atoms with E-state index in [1.807, 2.05) is 6.07 Å². The van der Waals surface area contributed by atoms with Crippen molar-refractivity contribution in [3.05, 3.63) is 72.3 Å². The lowest BCUT2D eigenvalue weighted by Crippen LogP contribution is -2.19. The quantitative estimate of drug-likeness (QED) is 0.477. The van der Waals surface area contributed by atoms with Gasteiger partial charge in [-0.1, -0.05) is 12.1 Å². The minimum atomic E-state index is -0.279. The number of anilines is 1. The van der Waals surface area contributed by atoms with Gasteiger partial charge in [0.2, 0.25) is 0 Å². The molecule has 0 saturated carbocycles. The SMILES string of the molecule is COc1ccc(Oc2cc(NC(=O)c3ccccc3OCC3CCCO3)ccc2OC)cc1. The Kier molecular flexibility index (Phi) is 7.32. The van der Waals surface area contributed by atoms with Crippen LogP contribution in [0.5, 0.6) is 28.7 Å². The number of benzene rings is 3. The molecule has 1 unspecified atom stereocenters. The van der Waals surface area contributed by atoms with Crippen LogP contribution >= 0.6 is 0 Å². The second kappa shape index (κ2) is 10.7. The summed E-state index contributed by atoms with van der Waals surface area (Å²) in [7, 11) is 3.17. The van der Waals surface area contributed by atoms with Crippen LogP contribution < -0.4 is 24.3 Å². The fraction of sp³-hybridized carbons (Fsp3) is 0.269. The van der Waals surface area contributed by atoms with Crippen LogP contribution in [0.25, 0.3) is 0 Å². The Labute approximate surface area is 193 Å². The summed E-state index contributed by atoms with van der Waals surface area (Å²) in [5.74, 6) is 2.61. The normalized spacial score (nSPS) is 15.0. The Morgan fingerprint density at radius 2 is 1.73 bits per heavy atom. The topological polar surface area (TPSA) is 75.3 Å². The largest absolute Gasteiger partial charge is 0.497 e. The van der Waals surface area contributed by atoms with Gasteiger partial charge < -0.3 is 29.0 Å². The van der Waals surface area contributed by atoms with Crippen molar-refractivity contribution in [2.24, 2.45) is 0 Å². The van der Waals surface area contributed by atoms with E-state index in [0.29, 0.717) is 40.9 Å². The van der Waals surface area contributed by atoms with Crippen LogP contribution in [0.3, 0.4) is 0 Å². The zero-order chi connectivity index (χ0) is 23.0. The van der Waals surface area contributed by atoms with Gasteiger partial charge in [-0.05, 0) is 61.4 Å². The molecular formula is C26H27NO6. The molecule has 1 heterocycles. The van der Waals surface area contributed by atoms with Gasteiger partial charge in [-0.2, -0.15) is 0 Å². The van der Waals surface area contributed by atoms with Crippen molar-refractivity contribution >= 4 is 11.6 Å². The molecule has 0 aromatic heterocycles. The number of para-hydroxylation sites is 1. The number of amides is 1. The van der Waals surface area contributed by atoms with Crippen molar-refractivity contribution < 1.29 is 28.5 Å². The Bertz CT molecular complexity index is 1080. The molecule has 1 amide bonds. The highest BCUT2D eigenvalue weighted by molar-refractivity contribution is 6.06. The highest BCUT2D eigenvalue weighted by atomic mass is 16.5. The van der Waals surface area contributed by atoms with Gasteiger partial charge in [-0.15, -0.1) is 0 Å². The van der Waals surface area contributed by atoms with Gasteiger partial charge in [-0.25, -0.2) is 0 Å². The van der Waals surface area contributed by atoms with E-state index in [-0.39, 0.29) is 12.0 Å². The summed E-state index contributed by atoms with van der Waals surface area (Å²) >= 11 is 0. The first-order valence-electron chi connectivity index (χ1n) is 10.8. The predicted molar refractivity (Wildman–Crippen MR) is 125 cm³/mol. The number of nitrogens with one attached hydrogen (secondary N) is 1. The van der Waals surface area contributed by atoms with E-state index >= 15 is 0 Å². The van der Waals surface area contributed by atoms with E-state index in [1.54, 1.807) is 74.9 Å². The van der Waals surface area contributed by atoms with Gasteiger partial charge in [-0.3, -0.25) is 4.79 Å². The lowest BCUT2D eigenvalue weighted by molar-refractivity contribution is 0.0673. The Morgan fingerprint density at radius 1 is 0.939 bits per heavy atom. The first-order chi connectivity index (χ1) is 16.2. The molecule has 7 heteroatoms. The molecule has 7 nitrogen and oxygen atoms in total. The summed E-state index contributed by atoms with van der Waals surface area (Å²) in [4.78, 5) is 13.0. The van der Waals surface area contributed by atoms with E-state index < -0.39 is 0 Å². The molecule has 172 valence electrons. The molecule has 0 radical (unpaired) electrons. The first kappa shape index (κ1) is 22.5. The molecule has 0 aliphatic carbocycles. The van der Waals surface area contributed by atoms with E-state index in [0.717, 1.165) is 25.2 Å². The number of hydrogen-bond donors (Lipinski definition) is 1. The summed E-state index contributed by atoms with van der Waals surface area (Å²) in [5, 5.41) is 2.92. The van der Waals surface area contributed by atoms with Crippen molar-refractivity contribution in [3.63, 3.8) is 0 Å². The number of methoxy groups -OCH3 is 2. The van der Waals surface area contributed by atoms with Gasteiger partial charge in [0.15, 0.2) is 11.5 Å². The monoisotopic (exact) mass is 449 g/mol. The van der Waals surface area contributed by atoms with E-state index in [4.69, 9.17) is 23.7 Å². The average Bonchev–Trinajstić information content (AvgIpc) is 3.37. The van der Waals surface area contributed by atoms with Crippen molar-refractivity contribution in [3.8, 4) is 28.7 Å². The van der Waals surface area contributed by atoms with Gasteiger partial charge >= 0.3 is 0 Å². The van der Waals surface area contributed by atoms with Gasteiger partial charge in [0, 0.05) is 18.4 Å². The van der Waals surface area contributed by atoms with Crippen molar-refractivity contribution in [2.75, 3.05) is 32.8 Å². The third-order valence-corrected chi connectivity index (χ3v) is 5.29. The number of carbonyl (C=O) groups is 1. The molecule has 1 aliphatic rings. The maximum atomic E-state index is 13.0. The highest BCUT2D eigenvalue weighted by Gasteiger charge is 2.19. The molecule has 33 heavy (non-hydrogen) atoms. The molecule has 1 aliphatic heterocycles. The molecule has 1 atom stereocenters. The zero-order valence-electron chi connectivity index (χ0n) is 18.7. The third kappa shape index (κ3) is 5.75. The fourth-order valence-electron chi connectivity index (χ4n) is 3.54. The van der Waals surface area contributed by atoms with E-state index in [2.05, 4.69) is 5.32 Å². The lowest BCUT2D eigenvalue weighted by Gasteiger charge is -2.15. The predicted octanol–water partition coefficient (Wildman–Crippen LogP) is 5.31. The second-order valence-electron chi connectivity index (χ2n) is 7.54. The second-order valence-corrected chi connectivity index (χ2v) is 7.54. The number of hydrogen-bond acceptors (Lipinski definition) is 6. The number of rotatable bonds is 9. The molecule has 3 aromatic carbocycles. The maximum Gasteiger partial charge on any atom is 0.259 e. The Hall–Kier alpha value is -3.71. The van der Waals surface area contributed by atoms with Crippen LogP contribution in [0.2, 0.25) is 0 Å². The third-order valence-electron chi connectivity index (χ3n) is 5.29. The smallest absolute Gasteiger partial charge is 0.259 e. The summed E-state index contributed by atoms with van der Waals surface area (Å²) in [6.45, 7) is 1.18. The van der Waals surface area contributed by atoms with Gasteiger partial charge in [0.25, 0.3) is 5.91 Å². The van der Waals surface area contributed by atoms with Gasteiger partial charge in [0.1, 0.15) is 23.9 Å². The van der Waals surface area contributed by atoms with Crippen LogP contribution in [0.4, 0.5) is 5.69 Å². The minimum Gasteiger partial charge on any atom is -0.497 e. The van der Waals surface area contributed by atoms with Crippen LogP contribution in [0.1, 0.15) is 23.2 Å². The summed E-state index contributed by atoms with van der Waals surface area (Å²) in [6, 6.07) is 19.6. The molecule has 1 saturated heterocycles. The molecule has 0 spiro atoms. The summed E-state index contributed by atoms with van der Waals surface area (Å²) in [5.41, 5.74) is 1.02.